The van der Waals surface area contributed by atoms with Gasteiger partial charge in [-0.1, -0.05) is 158 Å². The van der Waals surface area contributed by atoms with Crippen LogP contribution in [0.4, 0.5) is 13.2 Å². The Morgan fingerprint density at radius 1 is 0.649 bits per heavy atom. The molecule has 4 rings (SSSR count). The van der Waals surface area contributed by atoms with Crippen molar-refractivity contribution in [2.24, 2.45) is 0 Å². The molecule has 318 valence electrons. The topological polar surface area (TPSA) is 89.9 Å². The maximum Gasteiger partial charge on any atom is 0.422 e. The Morgan fingerprint density at radius 3 is 1.35 bits per heavy atom. The molecule has 1 heterocycles. The summed E-state index contributed by atoms with van der Waals surface area (Å²) in [5, 5.41) is 17.7. The van der Waals surface area contributed by atoms with Crippen molar-refractivity contribution in [3.05, 3.63) is 91.0 Å². The zero-order valence-corrected chi connectivity index (χ0v) is 35.3. The Balaban J connectivity index is 0.000000331. The molecule has 1 aliphatic rings. The first-order valence-corrected chi connectivity index (χ1v) is 22.5. The van der Waals surface area contributed by atoms with E-state index in [-0.39, 0.29) is 23.8 Å². The molecule has 3 aromatic carbocycles. The van der Waals surface area contributed by atoms with E-state index in [1.54, 1.807) is 0 Å². The van der Waals surface area contributed by atoms with E-state index in [0.717, 1.165) is 13.0 Å². The van der Waals surface area contributed by atoms with Crippen LogP contribution in [0.3, 0.4) is 0 Å². The number of piperidine rings is 1. The first-order valence-electron chi connectivity index (χ1n) is 21.2. The van der Waals surface area contributed by atoms with Gasteiger partial charge in [-0.05, 0) is 75.7 Å². The van der Waals surface area contributed by atoms with Crippen LogP contribution >= 0.6 is 0 Å². The molecule has 10 heteroatoms. The van der Waals surface area contributed by atoms with Crippen LogP contribution < -0.4 is 5.11 Å². The molecule has 57 heavy (non-hydrogen) atoms. The Kier molecular flexibility index (Phi) is 26.0. The van der Waals surface area contributed by atoms with Gasteiger partial charge in [0.1, 0.15) is 6.61 Å². The Hall–Kier alpha value is -3.34. The van der Waals surface area contributed by atoms with Gasteiger partial charge in [0.25, 0.3) is 0 Å². The molecule has 0 amide bonds. The van der Waals surface area contributed by atoms with Crippen LogP contribution in [0.1, 0.15) is 136 Å². The number of likely N-dealkylation sites (tertiary alicyclic amines) is 1. The van der Waals surface area contributed by atoms with Crippen LogP contribution in [-0.4, -0.2) is 60.0 Å². The number of carbonyl (C=O) groups is 2. The third kappa shape index (κ3) is 21.8. The van der Waals surface area contributed by atoms with E-state index >= 15 is 0 Å². The molecule has 0 spiro atoms. The van der Waals surface area contributed by atoms with Crippen molar-refractivity contribution < 1.29 is 37.7 Å². The highest BCUT2D eigenvalue weighted by molar-refractivity contribution is 7.97. The lowest BCUT2D eigenvalue weighted by Gasteiger charge is -2.26. The molecular weight excluding hydrogens is 748 g/mol. The molecule has 1 saturated heterocycles. The maximum atomic E-state index is 11.8. The highest BCUT2D eigenvalue weighted by Crippen LogP contribution is 2.31. The van der Waals surface area contributed by atoms with Gasteiger partial charge in [-0.25, -0.2) is 0 Å². The van der Waals surface area contributed by atoms with Crippen LogP contribution in [-0.2, 0) is 25.2 Å². The normalized spacial score (nSPS) is 14.1. The number of carboxylic acid groups (broad SMARTS) is 1. The Bertz CT molecular complexity index is 1340. The number of nitrogens with zero attached hydrogens (tertiary/aromatic N) is 1. The van der Waals surface area contributed by atoms with E-state index in [9.17, 15) is 27.9 Å². The highest BCUT2D eigenvalue weighted by atomic mass is 32.2. The summed E-state index contributed by atoms with van der Waals surface area (Å²) < 4.78 is 39.6. The minimum Gasteiger partial charge on any atom is -0.547 e. The van der Waals surface area contributed by atoms with Crippen molar-refractivity contribution in [3.63, 3.8) is 0 Å². The zero-order valence-electron chi connectivity index (χ0n) is 34.5. The molecule has 0 aliphatic carbocycles. The van der Waals surface area contributed by atoms with E-state index in [0.29, 0.717) is 13.0 Å². The van der Waals surface area contributed by atoms with Crippen LogP contribution in [0.5, 0.6) is 0 Å². The van der Waals surface area contributed by atoms with Gasteiger partial charge < -0.3 is 19.7 Å². The number of unbranched alkanes of at least 4 members (excludes halogenated alkanes) is 14. The fourth-order valence-corrected chi connectivity index (χ4v) is 8.48. The number of esters is 1. The van der Waals surface area contributed by atoms with Gasteiger partial charge in [0.2, 0.25) is 0 Å². The molecule has 1 fully saturated rings. The molecule has 0 saturated carbocycles. The van der Waals surface area contributed by atoms with Gasteiger partial charge >= 0.3 is 12.1 Å². The summed E-state index contributed by atoms with van der Waals surface area (Å²) >= 11 is 0. The summed E-state index contributed by atoms with van der Waals surface area (Å²) in [6.07, 6.45) is 19.7. The minimum atomic E-state index is -5.19. The number of aliphatic carboxylic acids is 1. The standard InChI is InChI=1S/C25H49NO2.C18H15S.C4H5F3O3/c1-2-3-4-5-6-7-8-9-10-11-12-13-14-15-17-20-25(27)28-24-23-26-21-18-16-19-22-26;1-4-10-16(11-5-1)19(17-12-6-2-7-13-17)18-14-8-3-9-15-18;1-3(10,2(8)9)4(5,6)7/h2-24H2,1H3;1-15H;10H,1H3,(H,8,9)/q;+1;/p-1. The van der Waals surface area contributed by atoms with Gasteiger partial charge in [-0.15, -0.1) is 0 Å². The molecule has 6 nitrogen and oxygen atoms in total. The lowest BCUT2D eigenvalue weighted by molar-refractivity contribution is -0.351. The van der Waals surface area contributed by atoms with Crippen molar-refractivity contribution in [1.82, 2.24) is 4.90 Å². The zero-order chi connectivity index (χ0) is 41.6. The van der Waals surface area contributed by atoms with Gasteiger partial charge in [0.05, 0.1) is 16.9 Å². The number of rotatable bonds is 23. The SMILES string of the molecule is CC(O)(C(=O)[O-])C(F)(F)F.CCCCCCCCCCCCCCCCCC(=O)OCCN1CCCCC1.c1ccc([S+](c2ccccc2)c2ccccc2)cc1. The second-order valence-corrected chi connectivity index (χ2v) is 17.0. The van der Waals surface area contributed by atoms with Crippen LogP contribution in [0, 0.1) is 0 Å². The predicted octanol–water partition coefficient (Wildman–Crippen LogP) is 11.1. The Morgan fingerprint density at radius 2 is 1.02 bits per heavy atom. The molecule has 1 unspecified atom stereocenters. The first-order chi connectivity index (χ1) is 27.5. The molecule has 1 atom stereocenters. The molecule has 0 bridgehead atoms. The van der Waals surface area contributed by atoms with Crippen LogP contribution in [0.2, 0.25) is 0 Å². The summed E-state index contributed by atoms with van der Waals surface area (Å²) in [5.41, 5.74) is -3.76. The summed E-state index contributed by atoms with van der Waals surface area (Å²) in [6, 6.07) is 32.2. The van der Waals surface area contributed by atoms with Gasteiger partial charge in [-0.3, -0.25) is 9.69 Å². The quantitative estimate of drug-likeness (QED) is 0.0582. The number of carbonyl (C=O) groups excluding carboxylic acids is 2. The maximum absolute atomic E-state index is 11.8. The molecular formula is C47H68F3NO5S. The average molecular weight is 816 g/mol. The van der Waals surface area contributed by atoms with Crippen LogP contribution in [0.25, 0.3) is 0 Å². The summed E-state index contributed by atoms with van der Waals surface area (Å²) in [4.78, 5) is 27.9. The van der Waals surface area contributed by atoms with E-state index < -0.39 is 17.7 Å². The lowest BCUT2D eigenvalue weighted by atomic mass is 10.0. The van der Waals surface area contributed by atoms with Crippen molar-refractivity contribution in [2.45, 2.75) is 162 Å². The van der Waals surface area contributed by atoms with Crippen molar-refractivity contribution in [1.29, 1.82) is 0 Å². The number of ether oxygens (including phenoxy) is 1. The molecule has 0 aromatic heterocycles. The first kappa shape index (κ1) is 49.8. The molecule has 3 aromatic rings. The highest BCUT2D eigenvalue weighted by Gasteiger charge is 2.51. The monoisotopic (exact) mass is 815 g/mol. The molecule has 0 radical (unpaired) electrons. The van der Waals surface area contributed by atoms with Gasteiger partial charge in [0.15, 0.2) is 20.3 Å². The Labute approximate surface area is 344 Å². The smallest absolute Gasteiger partial charge is 0.422 e. The summed E-state index contributed by atoms with van der Waals surface area (Å²) in [5.74, 6) is -2.55. The number of aliphatic hydroxyl groups is 1. The van der Waals surface area contributed by atoms with E-state index in [1.807, 2.05) is 0 Å². The van der Waals surface area contributed by atoms with Crippen molar-refractivity contribution in [3.8, 4) is 0 Å². The fourth-order valence-electron chi connectivity index (χ4n) is 6.38. The third-order valence-electron chi connectivity index (χ3n) is 9.99. The molecule has 1 aliphatic heterocycles. The average Bonchev–Trinajstić information content (AvgIpc) is 3.21. The van der Waals surface area contributed by atoms with E-state index in [4.69, 9.17) is 9.84 Å². The lowest BCUT2D eigenvalue weighted by Crippen LogP contribution is -2.56. The summed E-state index contributed by atoms with van der Waals surface area (Å²) in [6.45, 7) is 6.25. The molecule has 1 N–H and O–H groups in total. The van der Waals surface area contributed by atoms with E-state index in [1.165, 1.54) is 137 Å². The van der Waals surface area contributed by atoms with Gasteiger partial charge in [-0.2, -0.15) is 13.2 Å². The summed E-state index contributed by atoms with van der Waals surface area (Å²) in [7, 11) is -0.0146. The predicted molar refractivity (Wildman–Crippen MR) is 224 cm³/mol. The number of halogens is 3. The number of alkyl halides is 3. The third-order valence-corrected chi connectivity index (χ3v) is 12.2. The number of carboxylic acids is 1. The number of benzene rings is 3. The number of hydrogen-bond acceptors (Lipinski definition) is 6. The van der Waals surface area contributed by atoms with E-state index in [2.05, 4.69) is 103 Å². The van der Waals surface area contributed by atoms with Crippen molar-refractivity contribution in [2.75, 3.05) is 26.2 Å². The van der Waals surface area contributed by atoms with Crippen LogP contribution in [0.15, 0.2) is 106 Å². The van der Waals surface area contributed by atoms with Crippen molar-refractivity contribution >= 4 is 22.8 Å². The second kappa shape index (κ2) is 29.8. The number of hydrogen-bond donors (Lipinski definition) is 1. The fraction of sp³-hybridized carbons (Fsp3) is 0.574. The van der Waals surface area contributed by atoms with Gasteiger partial charge in [0, 0.05) is 13.0 Å². The minimum absolute atomic E-state index is 0.00621. The largest absolute Gasteiger partial charge is 0.547 e. The second-order valence-electron chi connectivity index (χ2n) is 14.9.